The van der Waals surface area contributed by atoms with E-state index in [9.17, 15) is 20.1 Å². The number of hydrogen-bond donors (Lipinski definition) is 4. The minimum atomic E-state index is -1.21. The summed E-state index contributed by atoms with van der Waals surface area (Å²) >= 11 is 13.5. The summed E-state index contributed by atoms with van der Waals surface area (Å²) < 4.78 is 25.1. The van der Waals surface area contributed by atoms with E-state index in [0.29, 0.717) is 44.2 Å². The number of aliphatic hydroxyl groups is 2. The number of aliphatic hydroxyl groups excluding tert-OH is 2. The number of carbonyl (C=O) groups is 1. The van der Waals surface area contributed by atoms with Crippen molar-refractivity contribution in [2.24, 2.45) is 9.98 Å². The Labute approximate surface area is 387 Å². The Hall–Kier alpha value is -6.35. The maximum atomic E-state index is 11.8. The van der Waals surface area contributed by atoms with Crippen LogP contribution in [0.25, 0.3) is 11.1 Å². The van der Waals surface area contributed by atoms with Crippen molar-refractivity contribution in [3.05, 3.63) is 163 Å². The quantitative estimate of drug-likeness (QED) is 0.0509. The van der Waals surface area contributed by atoms with E-state index >= 15 is 0 Å². The largest absolute Gasteiger partial charge is 0.488 e. The summed E-state index contributed by atoms with van der Waals surface area (Å²) in [6, 6.07) is 21.5. The van der Waals surface area contributed by atoms with Crippen molar-refractivity contribution in [1.29, 1.82) is 0 Å². The lowest BCUT2D eigenvalue weighted by atomic mass is 9.92. The predicted molar refractivity (Wildman–Crippen MR) is 251 cm³/mol. The van der Waals surface area contributed by atoms with Gasteiger partial charge in [-0.2, -0.15) is 0 Å². The van der Waals surface area contributed by atoms with Crippen molar-refractivity contribution < 1.29 is 39.1 Å². The fourth-order valence-electron chi connectivity index (χ4n) is 7.24. The summed E-state index contributed by atoms with van der Waals surface area (Å²) in [6.45, 7) is 6.84. The number of hydrogen-bond acceptors (Lipinski definition) is 12. The molecule has 4 aromatic carbocycles. The zero-order valence-corrected chi connectivity index (χ0v) is 37.9. The second kappa shape index (κ2) is 21.6. The lowest BCUT2D eigenvalue weighted by molar-refractivity contribution is -0.142. The first-order chi connectivity index (χ1) is 31.4. The number of carboxylic acids is 1. The van der Waals surface area contributed by atoms with E-state index in [2.05, 4.69) is 44.3 Å². The molecule has 336 valence electrons. The Morgan fingerprint density at radius 1 is 0.754 bits per heavy atom. The number of pyridine rings is 2. The highest BCUT2D eigenvalue weighted by Gasteiger charge is 2.24. The third kappa shape index (κ3) is 11.9. The van der Waals surface area contributed by atoms with E-state index in [4.69, 9.17) is 42.1 Å². The fraction of sp³-hybridized carbons (Fsp3) is 0.260. The first-order valence-electron chi connectivity index (χ1n) is 20.8. The highest BCUT2D eigenvalue weighted by Crippen LogP contribution is 2.37. The van der Waals surface area contributed by atoms with Gasteiger partial charge in [-0.25, -0.2) is 0 Å². The van der Waals surface area contributed by atoms with Crippen molar-refractivity contribution >= 4 is 41.1 Å². The molecule has 1 aliphatic rings. The number of aliphatic imine (C=N–C) groups is 2. The molecule has 0 fully saturated rings. The summed E-state index contributed by atoms with van der Waals surface area (Å²) in [5.74, 6) is 0.483. The summed E-state index contributed by atoms with van der Waals surface area (Å²) in [5.41, 5.74) is 11.6. The zero-order chi connectivity index (χ0) is 46.0. The highest BCUT2D eigenvalue weighted by atomic mass is 35.5. The molecule has 6 aromatic rings. The van der Waals surface area contributed by atoms with Crippen LogP contribution >= 0.6 is 23.2 Å². The van der Waals surface area contributed by atoms with Crippen LogP contribution in [0.4, 0.5) is 0 Å². The molecule has 2 aromatic heterocycles. The second-order valence-corrected chi connectivity index (χ2v) is 16.4. The van der Waals surface area contributed by atoms with Gasteiger partial charge in [-0.15, -0.1) is 0 Å². The lowest BCUT2D eigenvalue weighted by Gasteiger charge is -2.20. The number of nitrogens with one attached hydrogen (secondary N) is 1. The molecule has 0 amide bonds. The van der Waals surface area contributed by atoms with Gasteiger partial charge in [0.1, 0.15) is 55.5 Å². The van der Waals surface area contributed by atoms with Crippen molar-refractivity contribution in [2.75, 3.05) is 13.6 Å². The van der Waals surface area contributed by atoms with Gasteiger partial charge in [0, 0.05) is 90.1 Å². The van der Waals surface area contributed by atoms with Crippen molar-refractivity contribution in [1.82, 2.24) is 15.3 Å². The van der Waals surface area contributed by atoms with Crippen LogP contribution < -0.4 is 24.3 Å². The molecular weight excluding hydrogens is 869 g/mol. The predicted octanol–water partition coefficient (Wildman–Crippen LogP) is 8.65. The van der Waals surface area contributed by atoms with E-state index in [1.165, 1.54) is 6.92 Å². The van der Waals surface area contributed by atoms with E-state index in [1.54, 1.807) is 62.3 Å². The van der Waals surface area contributed by atoms with Gasteiger partial charge in [-0.1, -0.05) is 59.6 Å². The minimum absolute atomic E-state index is 0.0475. The minimum Gasteiger partial charge on any atom is -0.488 e. The van der Waals surface area contributed by atoms with Gasteiger partial charge >= 0.3 is 5.97 Å². The van der Waals surface area contributed by atoms with Gasteiger partial charge < -0.3 is 34.3 Å². The van der Waals surface area contributed by atoms with E-state index in [0.717, 1.165) is 67.9 Å². The Balaban J connectivity index is 1.06. The SMILES string of the molecule is CN=Cc1cncc(COc2cc(OCc3cccc(-c4cccc(COc5cc(OCc6cncc(C7=NC7)c6)c(CO)cc5Cl)c4C)c3C)c(Cl)cc2CN[C@@H](C(=O)O)[C@H](C)O)c1. The topological polar surface area (TPSA) is 177 Å². The normalized spacial score (nSPS) is 13.0. The molecule has 0 saturated carbocycles. The summed E-state index contributed by atoms with van der Waals surface area (Å²) in [7, 11) is 1.68. The molecular formula is C50H49Cl2N5O8. The van der Waals surface area contributed by atoms with Crippen LogP contribution in [0.1, 0.15) is 62.6 Å². The number of benzene rings is 4. The molecule has 65 heavy (non-hydrogen) atoms. The molecule has 0 aliphatic carbocycles. The first-order valence-corrected chi connectivity index (χ1v) is 21.6. The van der Waals surface area contributed by atoms with Gasteiger partial charge in [-0.05, 0) is 78.4 Å². The molecule has 15 heteroatoms. The molecule has 4 N–H and O–H groups in total. The molecule has 13 nitrogen and oxygen atoms in total. The lowest BCUT2D eigenvalue weighted by Crippen LogP contribution is -2.44. The van der Waals surface area contributed by atoms with Gasteiger partial charge in [0.25, 0.3) is 0 Å². The third-order valence-corrected chi connectivity index (χ3v) is 11.5. The summed E-state index contributed by atoms with van der Waals surface area (Å²) in [5, 5.41) is 33.4. The van der Waals surface area contributed by atoms with Crippen LogP contribution in [0.3, 0.4) is 0 Å². The molecule has 1 aliphatic heterocycles. The number of aromatic nitrogens is 2. The monoisotopic (exact) mass is 917 g/mol. The number of ether oxygens (including phenoxy) is 4. The van der Waals surface area contributed by atoms with Gasteiger partial charge in [0.15, 0.2) is 0 Å². The Morgan fingerprint density at radius 2 is 1.29 bits per heavy atom. The number of aliphatic carboxylic acids is 1. The average molecular weight is 919 g/mol. The first kappa shape index (κ1) is 46.6. The second-order valence-electron chi connectivity index (χ2n) is 15.6. The molecule has 0 unspecified atom stereocenters. The Morgan fingerprint density at radius 3 is 1.83 bits per heavy atom. The third-order valence-electron chi connectivity index (χ3n) is 10.9. The summed E-state index contributed by atoms with van der Waals surface area (Å²) in [4.78, 5) is 28.7. The number of carboxylic acid groups (broad SMARTS) is 1. The molecule has 2 atom stereocenters. The maximum Gasteiger partial charge on any atom is 0.323 e. The average Bonchev–Trinajstić information content (AvgIpc) is 4.15. The molecule has 0 saturated heterocycles. The van der Waals surface area contributed by atoms with Crippen LogP contribution in [-0.2, 0) is 44.4 Å². The van der Waals surface area contributed by atoms with Crippen LogP contribution in [0.2, 0.25) is 10.0 Å². The fourth-order valence-corrected chi connectivity index (χ4v) is 7.72. The maximum absolute atomic E-state index is 11.8. The Bertz CT molecular complexity index is 2740. The van der Waals surface area contributed by atoms with Gasteiger partial charge in [0.2, 0.25) is 0 Å². The molecule has 3 heterocycles. The van der Waals surface area contributed by atoms with Crippen molar-refractivity contribution in [3.8, 4) is 34.1 Å². The van der Waals surface area contributed by atoms with E-state index in [-0.39, 0.29) is 39.6 Å². The van der Waals surface area contributed by atoms with E-state index in [1.807, 2.05) is 43.3 Å². The number of halogens is 2. The van der Waals surface area contributed by atoms with Crippen LogP contribution in [-0.4, -0.2) is 68.9 Å². The smallest absolute Gasteiger partial charge is 0.323 e. The number of nitrogens with zero attached hydrogens (tertiary/aromatic N) is 4. The molecule has 0 bridgehead atoms. The van der Waals surface area contributed by atoms with Crippen molar-refractivity contribution in [3.63, 3.8) is 0 Å². The standard InChI is InChI=1S/C50H49Cl2N5O8/c1-29-35(27-64-47-15-45(62-25-33-11-32(17-53-4)18-54-19-33)38(13-42(47)51)22-57-49(31(3)59)50(60)61)7-5-9-40(29)41-10-6-8-36(30(41)2)28-65-48-16-46(39(24-58)14-43(48)52)63-26-34-12-37(21-55-20-34)44-23-56-44/h5-21,31,49,57-59H,22-28H2,1-4H3,(H,60,61)/t31-,49+/m0/s1. The van der Waals surface area contributed by atoms with Gasteiger partial charge in [-0.3, -0.25) is 30.1 Å². The number of rotatable bonds is 21. The summed E-state index contributed by atoms with van der Waals surface area (Å²) in [6.07, 6.45) is 7.46. The van der Waals surface area contributed by atoms with Crippen LogP contribution in [0.5, 0.6) is 23.0 Å². The van der Waals surface area contributed by atoms with Gasteiger partial charge in [0.05, 0.1) is 35.0 Å². The van der Waals surface area contributed by atoms with Crippen LogP contribution in [0, 0.1) is 13.8 Å². The molecule has 0 radical (unpaired) electrons. The zero-order valence-electron chi connectivity index (χ0n) is 36.3. The Kier molecular flexibility index (Phi) is 15.5. The highest BCUT2D eigenvalue weighted by molar-refractivity contribution is 6.32. The van der Waals surface area contributed by atoms with Crippen LogP contribution in [0.15, 0.2) is 108 Å². The molecule has 0 spiro atoms. The van der Waals surface area contributed by atoms with Crippen molar-refractivity contribution in [2.45, 2.75) is 72.5 Å². The van der Waals surface area contributed by atoms with E-state index < -0.39 is 18.1 Å². The molecule has 7 rings (SSSR count).